The molecule has 6 heteroatoms. The minimum Gasteiger partial charge on any atom is -0.502 e. The van der Waals surface area contributed by atoms with E-state index in [9.17, 15) is 10.1 Å². The van der Waals surface area contributed by atoms with Crippen molar-refractivity contribution in [3.05, 3.63) is 48.5 Å². The van der Waals surface area contributed by atoms with E-state index in [2.05, 4.69) is 0 Å². The number of methoxy groups -OCH3 is 1. The Labute approximate surface area is 111 Å². The third-order valence-electron chi connectivity index (χ3n) is 2.39. The minimum absolute atomic E-state index is 0.0720. The molecule has 0 aromatic heterocycles. The van der Waals surface area contributed by atoms with Crippen LogP contribution in [0.3, 0.4) is 0 Å². The molecule has 2 aromatic carbocycles. The molecule has 2 N–H and O–H groups in total. The fraction of sp³-hybridized carbons (Fsp3) is 0.0769. The number of benzene rings is 2. The van der Waals surface area contributed by atoms with Crippen LogP contribution in [0.5, 0.6) is 23.0 Å². The average Bonchev–Trinajstić information content (AvgIpc) is 2.42. The molecule has 0 unspecified atom stereocenters. The lowest BCUT2D eigenvalue weighted by Gasteiger charge is -2.13. The molecule has 2 aromatic rings. The van der Waals surface area contributed by atoms with E-state index in [1.807, 2.05) is 6.07 Å². The van der Waals surface area contributed by atoms with Crippen molar-refractivity contribution in [2.24, 2.45) is 0 Å². The smallest absolute Gasteiger partial charge is 0.502 e. The Morgan fingerprint density at radius 1 is 0.895 bits per heavy atom. The van der Waals surface area contributed by atoms with Crippen molar-refractivity contribution in [1.82, 2.24) is 0 Å². The van der Waals surface area contributed by atoms with Crippen molar-refractivity contribution in [2.75, 3.05) is 7.11 Å². The molecule has 0 heterocycles. The predicted octanol–water partition coefficient (Wildman–Crippen LogP) is 1.84. The summed E-state index contributed by atoms with van der Waals surface area (Å²) in [5.41, 5.74) is 0. The molecule has 0 amide bonds. The van der Waals surface area contributed by atoms with E-state index in [0.29, 0.717) is 5.75 Å². The molecule has 19 heavy (non-hydrogen) atoms. The summed E-state index contributed by atoms with van der Waals surface area (Å²) in [4.78, 5) is 0. The third-order valence-corrected chi connectivity index (χ3v) is 2.39. The zero-order valence-corrected chi connectivity index (χ0v) is 10.3. The number of rotatable bonds is 5. The summed E-state index contributed by atoms with van der Waals surface area (Å²) in [5, 5.41) is 19.4. The van der Waals surface area contributed by atoms with Gasteiger partial charge in [0.05, 0.1) is 7.11 Å². The van der Waals surface area contributed by atoms with Crippen LogP contribution in [0.25, 0.3) is 0 Å². The summed E-state index contributed by atoms with van der Waals surface area (Å²) < 4.78 is 15.2. The lowest BCUT2D eigenvalue weighted by molar-refractivity contribution is 0.286. The number of phenolic OH excluding ortho intramolecular Hbond substituents is 1. The van der Waals surface area contributed by atoms with Gasteiger partial charge in [0.25, 0.3) is 0 Å². The van der Waals surface area contributed by atoms with Crippen molar-refractivity contribution in [3.8, 4) is 23.0 Å². The quantitative estimate of drug-likeness (QED) is 0.803. The third kappa shape index (κ3) is 3.32. The van der Waals surface area contributed by atoms with Gasteiger partial charge in [0, 0.05) is 0 Å². The van der Waals surface area contributed by atoms with Gasteiger partial charge in [0.15, 0.2) is 11.5 Å². The molecule has 0 aliphatic carbocycles. The molecule has 0 spiro atoms. The van der Waals surface area contributed by atoms with Crippen LogP contribution >= 0.6 is 0 Å². The first-order valence-electron chi connectivity index (χ1n) is 5.63. The second-order valence-electron chi connectivity index (χ2n) is 3.66. The van der Waals surface area contributed by atoms with E-state index in [-0.39, 0.29) is 17.2 Å². The fourth-order valence-corrected chi connectivity index (χ4v) is 1.51. The highest BCUT2D eigenvalue weighted by Gasteiger charge is 2.23. The molecule has 2 rings (SSSR count). The van der Waals surface area contributed by atoms with Crippen LogP contribution in [0.15, 0.2) is 48.5 Å². The molecule has 0 atom stereocenters. The van der Waals surface area contributed by atoms with Gasteiger partial charge in [0.1, 0.15) is 11.5 Å². The standard InChI is InChI=1S/C13H13BO5/c1-17-11-8-5-9-12(13(11)15)19-14(16)18-10-6-3-2-4-7-10/h2-9,15-16H,1H3. The summed E-state index contributed by atoms with van der Waals surface area (Å²) >= 11 is 0. The first-order valence-corrected chi connectivity index (χ1v) is 5.63. The van der Waals surface area contributed by atoms with E-state index < -0.39 is 7.32 Å². The van der Waals surface area contributed by atoms with Crippen molar-refractivity contribution in [2.45, 2.75) is 0 Å². The van der Waals surface area contributed by atoms with Crippen molar-refractivity contribution >= 4 is 7.32 Å². The number of aromatic hydroxyl groups is 1. The Kier molecular flexibility index (Phi) is 4.15. The Bertz CT molecular complexity index is 532. The van der Waals surface area contributed by atoms with E-state index >= 15 is 0 Å². The summed E-state index contributed by atoms with van der Waals surface area (Å²) in [6.45, 7) is 0. The zero-order chi connectivity index (χ0) is 13.7. The monoisotopic (exact) mass is 260 g/mol. The van der Waals surface area contributed by atoms with Crippen molar-refractivity contribution in [3.63, 3.8) is 0 Å². The largest absolute Gasteiger partial charge is 0.785 e. The van der Waals surface area contributed by atoms with Gasteiger partial charge in [-0.3, -0.25) is 0 Å². The molecule has 5 nitrogen and oxygen atoms in total. The number of ether oxygens (including phenoxy) is 1. The second-order valence-corrected chi connectivity index (χ2v) is 3.66. The Morgan fingerprint density at radius 3 is 2.26 bits per heavy atom. The summed E-state index contributed by atoms with van der Waals surface area (Å²) in [5.74, 6) is 0.588. The molecule has 0 radical (unpaired) electrons. The van der Waals surface area contributed by atoms with Gasteiger partial charge in [-0.05, 0) is 24.3 Å². The Morgan fingerprint density at radius 2 is 1.58 bits per heavy atom. The zero-order valence-electron chi connectivity index (χ0n) is 10.3. The minimum atomic E-state index is -1.53. The number of para-hydroxylation sites is 2. The molecular formula is C13H13BO5. The molecule has 98 valence electrons. The molecule has 0 saturated carbocycles. The van der Waals surface area contributed by atoms with Crippen LogP contribution in [0.4, 0.5) is 0 Å². The van der Waals surface area contributed by atoms with Crippen LogP contribution in [0.2, 0.25) is 0 Å². The van der Waals surface area contributed by atoms with Crippen LogP contribution in [0.1, 0.15) is 0 Å². The van der Waals surface area contributed by atoms with Crippen LogP contribution in [-0.2, 0) is 0 Å². The second kappa shape index (κ2) is 6.02. The number of hydrogen-bond donors (Lipinski definition) is 2. The number of hydrogen-bond acceptors (Lipinski definition) is 5. The van der Waals surface area contributed by atoms with Gasteiger partial charge in [-0.15, -0.1) is 0 Å². The Balaban J connectivity index is 2.05. The van der Waals surface area contributed by atoms with Crippen LogP contribution < -0.4 is 14.0 Å². The Hall–Kier alpha value is -2.34. The van der Waals surface area contributed by atoms with Gasteiger partial charge in [-0.25, -0.2) is 0 Å². The van der Waals surface area contributed by atoms with E-state index in [1.165, 1.54) is 13.2 Å². The number of phenols is 1. The molecular weight excluding hydrogens is 247 g/mol. The molecule has 0 bridgehead atoms. The molecule has 0 saturated heterocycles. The topological polar surface area (TPSA) is 68.2 Å². The van der Waals surface area contributed by atoms with Crippen LogP contribution in [-0.4, -0.2) is 24.6 Å². The SMILES string of the molecule is COc1cccc(OB(O)Oc2ccccc2)c1O. The lowest BCUT2D eigenvalue weighted by atomic mass is 10.2. The van der Waals surface area contributed by atoms with E-state index in [0.717, 1.165) is 0 Å². The van der Waals surface area contributed by atoms with Gasteiger partial charge >= 0.3 is 7.32 Å². The predicted molar refractivity (Wildman–Crippen MR) is 70.3 cm³/mol. The van der Waals surface area contributed by atoms with Gasteiger partial charge in [-0.1, -0.05) is 24.3 Å². The molecule has 0 fully saturated rings. The normalized spacial score (nSPS) is 9.79. The highest BCUT2D eigenvalue weighted by molar-refractivity contribution is 6.36. The maximum atomic E-state index is 9.79. The fourth-order valence-electron chi connectivity index (χ4n) is 1.51. The van der Waals surface area contributed by atoms with Gasteiger partial charge in [0.2, 0.25) is 0 Å². The lowest BCUT2D eigenvalue weighted by Crippen LogP contribution is -2.29. The first-order chi connectivity index (χ1) is 9.20. The molecule has 0 aliphatic rings. The van der Waals surface area contributed by atoms with Gasteiger partial charge < -0.3 is 24.2 Å². The van der Waals surface area contributed by atoms with Crippen LogP contribution in [0, 0.1) is 0 Å². The summed E-state index contributed by atoms with van der Waals surface area (Å²) in [7, 11) is -0.101. The summed E-state index contributed by atoms with van der Waals surface area (Å²) in [6.07, 6.45) is 0. The van der Waals surface area contributed by atoms with E-state index in [1.54, 1.807) is 36.4 Å². The highest BCUT2D eigenvalue weighted by Crippen LogP contribution is 2.35. The highest BCUT2D eigenvalue weighted by atomic mass is 16.7. The van der Waals surface area contributed by atoms with Gasteiger partial charge in [-0.2, -0.15) is 0 Å². The first kappa shape index (κ1) is 13.1. The van der Waals surface area contributed by atoms with Crippen molar-refractivity contribution in [1.29, 1.82) is 0 Å². The average molecular weight is 260 g/mol. The maximum Gasteiger partial charge on any atom is 0.785 e. The maximum absolute atomic E-state index is 9.79. The van der Waals surface area contributed by atoms with E-state index in [4.69, 9.17) is 14.0 Å². The molecule has 0 aliphatic heterocycles. The van der Waals surface area contributed by atoms with Crippen molar-refractivity contribution < 1.29 is 24.2 Å². The summed E-state index contributed by atoms with van der Waals surface area (Å²) in [6, 6.07) is 13.4.